The van der Waals surface area contributed by atoms with Crippen molar-refractivity contribution >= 4 is 5.91 Å². The number of nitrogens with zero attached hydrogens (tertiary/aromatic N) is 1. The van der Waals surface area contributed by atoms with E-state index in [1.54, 1.807) is 0 Å². The van der Waals surface area contributed by atoms with Crippen molar-refractivity contribution in [2.24, 2.45) is 0 Å². The van der Waals surface area contributed by atoms with Crippen LogP contribution in [0.5, 0.6) is 0 Å². The Morgan fingerprint density at radius 3 is 2.29 bits per heavy atom. The predicted molar refractivity (Wildman–Crippen MR) is 69.9 cm³/mol. The van der Waals surface area contributed by atoms with Crippen LogP contribution in [0.1, 0.15) is 58.8 Å². The Labute approximate surface area is 105 Å². The third kappa shape index (κ3) is 3.21. The molecule has 2 rings (SSSR count). The Balaban J connectivity index is 1.85. The molecule has 1 aliphatic carbocycles. The summed E-state index contributed by atoms with van der Waals surface area (Å²) in [5.41, 5.74) is 0.199. The first-order valence-corrected chi connectivity index (χ1v) is 7.17. The highest BCUT2D eigenvalue weighted by atomic mass is 16.2. The van der Waals surface area contributed by atoms with Gasteiger partial charge in [-0.05, 0) is 46.0 Å². The first kappa shape index (κ1) is 12.9. The highest BCUT2D eigenvalue weighted by Gasteiger charge is 2.32. The standard InChI is InChI=1S/C14H26N2O/c1-12(15-14(2)8-4-5-9-14)13(17)16-10-6-3-7-11-16/h12,15H,3-11H2,1-2H3. The minimum Gasteiger partial charge on any atom is -0.341 e. The van der Waals surface area contributed by atoms with Gasteiger partial charge in [0.15, 0.2) is 0 Å². The van der Waals surface area contributed by atoms with Crippen LogP contribution in [0.3, 0.4) is 0 Å². The van der Waals surface area contributed by atoms with Gasteiger partial charge in [-0.2, -0.15) is 0 Å². The summed E-state index contributed by atoms with van der Waals surface area (Å²) >= 11 is 0. The van der Waals surface area contributed by atoms with Crippen molar-refractivity contribution in [3.8, 4) is 0 Å². The van der Waals surface area contributed by atoms with Gasteiger partial charge in [-0.15, -0.1) is 0 Å². The number of nitrogens with one attached hydrogen (secondary N) is 1. The number of hydrogen-bond acceptors (Lipinski definition) is 2. The molecule has 98 valence electrons. The highest BCUT2D eigenvalue weighted by molar-refractivity contribution is 5.81. The molecule has 1 unspecified atom stereocenters. The molecule has 3 heteroatoms. The zero-order valence-electron chi connectivity index (χ0n) is 11.3. The Hall–Kier alpha value is -0.570. The van der Waals surface area contributed by atoms with E-state index in [2.05, 4.69) is 12.2 Å². The molecule has 1 aliphatic heterocycles. The predicted octanol–water partition coefficient (Wildman–Crippen LogP) is 2.31. The fourth-order valence-corrected chi connectivity index (χ4v) is 3.27. The highest BCUT2D eigenvalue weighted by Crippen LogP contribution is 2.29. The lowest BCUT2D eigenvalue weighted by Crippen LogP contribution is -2.53. The normalized spacial score (nSPS) is 25.9. The van der Waals surface area contributed by atoms with Gasteiger partial charge in [0.25, 0.3) is 0 Å². The van der Waals surface area contributed by atoms with E-state index in [1.165, 1.54) is 44.9 Å². The third-order valence-corrected chi connectivity index (χ3v) is 4.31. The molecular weight excluding hydrogens is 212 g/mol. The number of rotatable bonds is 3. The molecule has 2 aliphatic rings. The first-order valence-electron chi connectivity index (χ1n) is 7.17. The molecule has 17 heavy (non-hydrogen) atoms. The lowest BCUT2D eigenvalue weighted by molar-refractivity contribution is -0.134. The summed E-state index contributed by atoms with van der Waals surface area (Å²) < 4.78 is 0. The van der Waals surface area contributed by atoms with Crippen molar-refractivity contribution in [2.75, 3.05) is 13.1 Å². The number of piperidine rings is 1. The molecular formula is C14H26N2O. The van der Waals surface area contributed by atoms with Crippen molar-refractivity contribution in [3.63, 3.8) is 0 Å². The summed E-state index contributed by atoms with van der Waals surface area (Å²) in [6.45, 7) is 6.21. The molecule has 1 atom stereocenters. The van der Waals surface area contributed by atoms with E-state index >= 15 is 0 Å². The van der Waals surface area contributed by atoms with Gasteiger partial charge in [0.05, 0.1) is 6.04 Å². The van der Waals surface area contributed by atoms with Crippen molar-refractivity contribution in [1.29, 1.82) is 0 Å². The van der Waals surface area contributed by atoms with E-state index in [1.807, 2.05) is 11.8 Å². The maximum absolute atomic E-state index is 12.3. The topological polar surface area (TPSA) is 32.3 Å². The largest absolute Gasteiger partial charge is 0.341 e. The smallest absolute Gasteiger partial charge is 0.239 e. The fourth-order valence-electron chi connectivity index (χ4n) is 3.27. The molecule has 0 bridgehead atoms. The lowest BCUT2D eigenvalue weighted by Gasteiger charge is -2.34. The number of amides is 1. The Morgan fingerprint density at radius 2 is 1.71 bits per heavy atom. The average Bonchev–Trinajstić information content (AvgIpc) is 2.76. The van der Waals surface area contributed by atoms with Crippen LogP contribution >= 0.6 is 0 Å². The van der Waals surface area contributed by atoms with Gasteiger partial charge in [-0.3, -0.25) is 4.79 Å². The Morgan fingerprint density at radius 1 is 1.12 bits per heavy atom. The van der Waals surface area contributed by atoms with E-state index in [4.69, 9.17) is 0 Å². The molecule has 0 aromatic rings. The number of carbonyl (C=O) groups excluding carboxylic acids is 1. The van der Waals surface area contributed by atoms with Crippen molar-refractivity contribution in [2.45, 2.75) is 70.4 Å². The summed E-state index contributed by atoms with van der Waals surface area (Å²) in [5, 5.41) is 3.56. The number of hydrogen-bond donors (Lipinski definition) is 1. The summed E-state index contributed by atoms with van der Waals surface area (Å²) in [6.07, 6.45) is 8.66. The van der Waals surface area contributed by atoms with Crippen LogP contribution in [-0.2, 0) is 4.79 Å². The molecule has 1 saturated heterocycles. The van der Waals surface area contributed by atoms with Crippen LogP contribution in [0.25, 0.3) is 0 Å². The molecule has 1 saturated carbocycles. The Kier molecular flexibility index (Phi) is 4.08. The summed E-state index contributed by atoms with van der Waals surface area (Å²) in [5.74, 6) is 0.304. The molecule has 0 spiro atoms. The van der Waals surface area contributed by atoms with Gasteiger partial charge >= 0.3 is 0 Å². The maximum Gasteiger partial charge on any atom is 0.239 e. The first-order chi connectivity index (χ1) is 8.11. The van der Waals surface area contributed by atoms with E-state index in [9.17, 15) is 4.79 Å². The number of likely N-dealkylation sites (tertiary alicyclic amines) is 1. The second-order valence-corrected chi connectivity index (χ2v) is 6.02. The summed E-state index contributed by atoms with van der Waals surface area (Å²) in [6, 6.07) is -0.0174. The van der Waals surface area contributed by atoms with Gasteiger partial charge in [-0.1, -0.05) is 12.8 Å². The number of carbonyl (C=O) groups is 1. The molecule has 0 aromatic heterocycles. The maximum atomic E-state index is 12.3. The summed E-state index contributed by atoms with van der Waals surface area (Å²) in [7, 11) is 0. The minimum absolute atomic E-state index is 0.0174. The molecule has 0 radical (unpaired) electrons. The van der Waals surface area contributed by atoms with E-state index in [0.29, 0.717) is 5.91 Å². The zero-order chi connectivity index (χ0) is 12.3. The third-order valence-electron chi connectivity index (χ3n) is 4.31. The van der Waals surface area contributed by atoms with E-state index < -0.39 is 0 Å². The molecule has 0 aromatic carbocycles. The van der Waals surface area contributed by atoms with Gasteiger partial charge in [0.2, 0.25) is 5.91 Å². The second kappa shape index (κ2) is 5.38. The molecule has 2 fully saturated rings. The van der Waals surface area contributed by atoms with Crippen LogP contribution < -0.4 is 5.32 Å². The van der Waals surface area contributed by atoms with Crippen LogP contribution in [0.4, 0.5) is 0 Å². The van der Waals surface area contributed by atoms with Crippen LogP contribution in [0.15, 0.2) is 0 Å². The monoisotopic (exact) mass is 238 g/mol. The van der Waals surface area contributed by atoms with Crippen molar-refractivity contribution in [1.82, 2.24) is 10.2 Å². The van der Waals surface area contributed by atoms with Crippen LogP contribution in [0.2, 0.25) is 0 Å². The fraction of sp³-hybridized carbons (Fsp3) is 0.929. The van der Waals surface area contributed by atoms with Gasteiger partial charge in [0.1, 0.15) is 0 Å². The Bertz CT molecular complexity index is 265. The van der Waals surface area contributed by atoms with Gasteiger partial charge in [-0.25, -0.2) is 0 Å². The molecule has 3 nitrogen and oxygen atoms in total. The van der Waals surface area contributed by atoms with Crippen LogP contribution in [-0.4, -0.2) is 35.5 Å². The van der Waals surface area contributed by atoms with E-state index in [-0.39, 0.29) is 11.6 Å². The summed E-state index contributed by atoms with van der Waals surface area (Å²) in [4.78, 5) is 14.3. The van der Waals surface area contributed by atoms with Crippen molar-refractivity contribution < 1.29 is 4.79 Å². The quantitative estimate of drug-likeness (QED) is 0.818. The van der Waals surface area contributed by atoms with E-state index in [0.717, 1.165) is 13.1 Å². The minimum atomic E-state index is -0.0174. The average molecular weight is 238 g/mol. The molecule has 1 heterocycles. The van der Waals surface area contributed by atoms with Crippen LogP contribution in [0, 0.1) is 0 Å². The zero-order valence-corrected chi connectivity index (χ0v) is 11.3. The van der Waals surface area contributed by atoms with Gasteiger partial charge in [0, 0.05) is 18.6 Å². The molecule has 1 N–H and O–H groups in total. The van der Waals surface area contributed by atoms with Crippen molar-refractivity contribution in [3.05, 3.63) is 0 Å². The van der Waals surface area contributed by atoms with Gasteiger partial charge < -0.3 is 10.2 Å². The lowest BCUT2D eigenvalue weighted by atomic mass is 9.99. The SMILES string of the molecule is CC(NC1(C)CCCC1)C(=O)N1CCCCC1. The molecule has 1 amide bonds. The second-order valence-electron chi connectivity index (χ2n) is 6.02.